The highest BCUT2D eigenvalue weighted by Crippen LogP contribution is 2.36. The Hall–Kier alpha value is -1.62. The van der Waals surface area contributed by atoms with Crippen molar-refractivity contribution in [2.75, 3.05) is 25.6 Å². The number of hydrogen-bond acceptors (Lipinski definition) is 4. The molecule has 0 aliphatic heterocycles. The smallest absolute Gasteiger partial charge is 0.340 e. The largest absolute Gasteiger partial charge is 0.465 e. The molecule has 116 valence electrons. The van der Waals surface area contributed by atoms with Crippen LogP contribution in [0.2, 0.25) is 0 Å². The molecule has 1 aromatic rings. The van der Waals surface area contributed by atoms with Crippen molar-refractivity contribution in [3.63, 3.8) is 0 Å². The number of hydrogen-bond donors (Lipinski definition) is 2. The second-order valence-corrected chi connectivity index (χ2v) is 5.75. The van der Waals surface area contributed by atoms with Crippen molar-refractivity contribution < 1.29 is 19.0 Å². The standard InChI is InChI=1S/C16H22FNO3/c1-21-15(20)13-9-12(17)5-6-14(13)18-10-16(11-19)7-3-2-4-8-16/h5-6,9,18-19H,2-4,7-8,10-11H2,1H3. The highest BCUT2D eigenvalue weighted by Gasteiger charge is 2.31. The summed E-state index contributed by atoms with van der Waals surface area (Å²) in [5.74, 6) is -1.05. The van der Waals surface area contributed by atoms with Crippen LogP contribution < -0.4 is 5.32 Å². The number of anilines is 1. The molecule has 1 aliphatic carbocycles. The van der Waals surface area contributed by atoms with E-state index in [1.807, 2.05) is 0 Å². The van der Waals surface area contributed by atoms with Gasteiger partial charge in [0.25, 0.3) is 0 Å². The summed E-state index contributed by atoms with van der Waals surface area (Å²) in [6.07, 6.45) is 5.34. The van der Waals surface area contributed by atoms with Crippen LogP contribution in [0.3, 0.4) is 0 Å². The molecule has 0 radical (unpaired) electrons. The lowest BCUT2D eigenvalue weighted by molar-refractivity contribution is 0.0601. The van der Waals surface area contributed by atoms with Crippen LogP contribution in [0.1, 0.15) is 42.5 Å². The van der Waals surface area contributed by atoms with Crippen LogP contribution >= 0.6 is 0 Å². The molecule has 1 saturated carbocycles. The van der Waals surface area contributed by atoms with Gasteiger partial charge in [0.1, 0.15) is 5.82 Å². The first-order chi connectivity index (χ1) is 10.1. The van der Waals surface area contributed by atoms with E-state index in [-0.39, 0.29) is 17.6 Å². The first kappa shape index (κ1) is 15.8. The van der Waals surface area contributed by atoms with Crippen LogP contribution in [0.4, 0.5) is 10.1 Å². The number of aliphatic hydroxyl groups is 1. The molecule has 1 fully saturated rings. The molecule has 0 heterocycles. The van der Waals surface area contributed by atoms with E-state index in [1.165, 1.54) is 31.7 Å². The van der Waals surface area contributed by atoms with Crippen molar-refractivity contribution in [3.8, 4) is 0 Å². The first-order valence-electron chi connectivity index (χ1n) is 7.33. The van der Waals surface area contributed by atoms with Crippen LogP contribution in [-0.2, 0) is 4.74 Å². The molecule has 0 unspecified atom stereocenters. The van der Waals surface area contributed by atoms with Gasteiger partial charge in [0, 0.05) is 17.6 Å². The third kappa shape index (κ3) is 3.73. The molecule has 21 heavy (non-hydrogen) atoms. The van der Waals surface area contributed by atoms with Crippen molar-refractivity contribution in [2.24, 2.45) is 5.41 Å². The second-order valence-electron chi connectivity index (χ2n) is 5.75. The molecule has 0 amide bonds. The molecule has 4 nitrogen and oxygen atoms in total. The first-order valence-corrected chi connectivity index (χ1v) is 7.33. The normalized spacial score (nSPS) is 17.3. The van der Waals surface area contributed by atoms with E-state index in [1.54, 1.807) is 0 Å². The Kier molecular flexibility index (Phi) is 5.17. The number of esters is 1. The Morgan fingerprint density at radius 1 is 1.38 bits per heavy atom. The van der Waals surface area contributed by atoms with E-state index in [2.05, 4.69) is 10.1 Å². The van der Waals surface area contributed by atoms with Crippen molar-refractivity contribution in [1.29, 1.82) is 0 Å². The van der Waals surface area contributed by atoms with Gasteiger partial charge < -0.3 is 15.2 Å². The van der Waals surface area contributed by atoms with Gasteiger partial charge in [-0.05, 0) is 31.0 Å². The number of rotatable bonds is 5. The third-order valence-electron chi connectivity index (χ3n) is 4.29. The predicted octanol–water partition coefficient (Wildman–Crippen LogP) is 2.97. The fourth-order valence-electron chi connectivity index (χ4n) is 2.92. The summed E-state index contributed by atoms with van der Waals surface area (Å²) in [7, 11) is 1.27. The summed E-state index contributed by atoms with van der Waals surface area (Å²) in [5.41, 5.74) is 0.572. The van der Waals surface area contributed by atoms with Crippen LogP contribution in [0, 0.1) is 11.2 Å². The molecule has 0 aromatic heterocycles. The van der Waals surface area contributed by atoms with Gasteiger partial charge in [-0.2, -0.15) is 0 Å². The number of halogens is 1. The minimum absolute atomic E-state index is 0.120. The molecule has 0 bridgehead atoms. The summed E-state index contributed by atoms with van der Waals surface area (Å²) in [5, 5.41) is 12.9. The average molecular weight is 295 g/mol. The molecule has 5 heteroatoms. The maximum Gasteiger partial charge on any atom is 0.340 e. The number of methoxy groups -OCH3 is 1. The van der Waals surface area contributed by atoms with Gasteiger partial charge in [-0.3, -0.25) is 0 Å². The highest BCUT2D eigenvalue weighted by molar-refractivity contribution is 5.95. The predicted molar refractivity (Wildman–Crippen MR) is 78.8 cm³/mol. The number of carbonyl (C=O) groups is 1. The van der Waals surface area contributed by atoms with E-state index in [9.17, 15) is 14.3 Å². The Balaban J connectivity index is 2.13. The van der Waals surface area contributed by atoms with E-state index >= 15 is 0 Å². The number of aliphatic hydroxyl groups excluding tert-OH is 1. The minimum Gasteiger partial charge on any atom is -0.465 e. The number of ether oxygens (including phenoxy) is 1. The zero-order valence-electron chi connectivity index (χ0n) is 12.3. The number of nitrogens with one attached hydrogen (secondary N) is 1. The Labute approximate surface area is 124 Å². The molecular weight excluding hydrogens is 273 g/mol. The van der Waals surface area contributed by atoms with Crippen LogP contribution in [-0.4, -0.2) is 31.3 Å². The summed E-state index contributed by atoms with van der Waals surface area (Å²) in [6.45, 7) is 0.688. The summed E-state index contributed by atoms with van der Waals surface area (Å²) in [6, 6.07) is 4.01. The highest BCUT2D eigenvalue weighted by atomic mass is 19.1. The molecule has 0 atom stereocenters. The number of carbonyl (C=O) groups excluding carboxylic acids is 1. The Bertz CT molecular complexity index is 498. The van der Waals surface area contributed by atoms with Gasteiger partial charge in [-0.15, -0.1) is 0 Å². The second kappa shape index (κ2) is 6.89. The van der Waals surface area contributed by atoms with Crippen LogP contribution in [0.5, 0.6) is 0 Å². The van der Waals surface area contributed by atoms with E-state index in [0.717, 1.165) is 25.7 Å². The molecule has 0 spiro atoms. The SMILES string of the molecule is COC(=O)c1cc(F)ccc1NCC1(CO)CCCCC1. The zero-order valence-corrected chi connectivity index (χ0v) is 12.3. The van der Waals surface area contributed by atoms with Gasteiger partial charge in [0.2, 0.25) is 0 Å². The maximum absolute atomic E-state index is 13.3. The van der Waals surface area contributed by atoms with E-state index in [0.29, 0.717) is 12.2 Å². The number of benzene rings is 1. The Morgan fingerprint density at radius 3 is 2.71 bits per heavy atom. The molecule has 2 rings (SSSR count). The Morgan fingerprint density at radius 2 is 2.10 bits per heavy atom. The van der Waals surface area contributed by atoms with E-state index in [4.69, 9.17) is 0 Å². The van der Waals surface area contributed by atoms with Gasteiger partial charge >= 0.3 is 5.97 Å². The third-order valence-corrected chi connectivity index (χ3v) is 4.29. The van der Waals surface area contributed by atoms with Gasteiger partial charge in [-0.1, -0.05) is 19.3 Å². The van der Waals surface area contributed by atoms with Crippen molar-refractivity contribution in [2.45, 2.75) is 32.1 Å². The van der Waals surface area contributed by atoms with Gasteiger partial charge in [0.05, 0.1) is 19.3 Å². The quantitative estimate of drug-likeness (QED) is 0.820. The topological polar surface area (TPSA) is 58.6 Å². The van der Waals surface area contributed by atoms with Gasteiger partial charge in [0.15, 0.2) is 0 Å². The summed E-state index contributed by atoms with van der Waals surface area (Å²) < 4.78 is 18.0. The van der Waals surface area contributed by atoms with Crippen molar-refractivity contribution in [1.82, 2.24) is 0 Å². The van der Waals surface area contributed by atoms with Crippen LogP contribution in [0.15, 0.2) is 18.2 Å². The lowest BCUT2D eigenvalue weighted by Gasteiger charge is -2.36. The fourth-order valence-corrected chi connectivity index (χ4v) is 2.92. The lowest BCUT2D eigenvalue weighted by Crippen LogP contribution is -2.35. The van der Waals surface area contributed by atoms with Crippen LogP contribution in [0.25, 0.3) is 0 Å². The minimum atomic E-state index is -0.571. The van der Waals surface area contributed by atoms with Crippen molar-refractivity contribution >= 4 is 11.7 Å². The molecule has 1 aromatic carbocycles. The summed E-state index contributed by atoms with van der Waals surface area (Å²) in [4.78, 5) is 11.7. The molecule has 1 aliphatic rings. The maximum atomic E-state index is 13.3. The van der Waals surface area contributed by atoms with E-state index < -0.39 is 11.8 Å². The lowest BCUT2D eigenvalue weighted by atomic mass is 9.74. The fraction of sp³-hybridized carbons (Fsp3) is 0.562. The summed E-state index contributed by atoms with van der Waals surface area (Å²) >= 11 is 0. The molecular formula is C16H22FNO3. The monoisotopic (exact) mass is 295 g/mol. The van der Waals surface area contributed by atoms with Crippen molar-refractivity contribution in [3.05, 3.63) is 29.6 Å². The average Bonchev–Trinajstić information content (AvgIpc) is 2.53. The zero-order chi connectivity index (χ0) is 15.3. The molecule has 2 N–H and O–H groups in total. The molecule has 0 saturated heterocycles. The van der Waals surface area contributed by atoms with Gasteiger partial charge in [-0.25, -0.2) is 9.18 Å².